The van der Waals surface area contributed by atoms with E-state index >= 15 is 0 Å². The number of hydrogen-bond donors (Lipinski definition) is 0. The zero-order chi connectivity index (χ0) is 23.3. The lowest BCUT2D eigenvalue weighted by Crippen LogP contribution is -2.15. The largest absolute Gasteiger partial charge is 0.286 e. The molecule has 3 rings (SSSR count). The molecule has 2 aromatic rings. The molecule has 0 fully saturated rings. The van der Waals surface area contributed by atoms with Crippen molar-refractivity contribution in [3.05, 3.63) is 60.7 Å². The van der Waals surface area contributed by atoms with Crippen LogP contribution in [0.15, 0.2) is 70.5 Å². The monoisotopic (exact) mass is 480 g/mol. The van der Waals surface area contributed by atoms with Crippen LogP contribution < -0.4 is 0 Å². The van der Waals surface area contributed by atoms with Gasteiger partial charge in [-0.25, -0.2) is 0 Å². The second-order valence-electron chi connectivity index (χ2n) is 9.20. The van der Waals surface area contributed by atoms with Crippen molar-refractivity contribution in [2.45, 2.75) is 87.8 Å². The summed E-state index contributed by atoms with van der Waals surface area (Å²) in [6.45, 7) is 4.51. The summed E-state index contributed by atoms with van der Waals surface area (Å²) in [6, 6.07) is 17.4. The maximum absolute atomic E-state index is 12.8. The van der Waals surface area contributed by atoms with Crippen LogP contribution in [-0.2, 0) is 4.79 Å². The van der Waals surface area contributed by atoms with Crippen LogP contribution in [-0.4, -0.2) is 10.9 Å². The van der Waals surface area contributed by atoms with Gasteiger partial charge in [0.05, 0.1) is 0 Å². The van der Waals surface area contributed by atoms with Crippen LogP contribution in [0.2, 0.25) is 0 Å². The average Bonchev–Trinajstić information content (AvgIpc) is 2.85. The average molecular weight is 481 g/mol. The minimum absolute atomic E-state index is 0.0733. The molecule has 0 amide bonds. The highest BCUT2D eigenvalue weighted by molar-refractivity contribution is 8.13. The number of hydrogen-bond acceptors (Lipinski definition) is 3. The van der Waals surface area contributed by atoms with E-state index in [1.807, 2.05) is 11.8 Å². The first-order valence-electron chi connectivity index (χ1n) is 12.9. The third kappa shape index (κ3) is 9.02. The van der Waals surface area contributed by atoms with Crippen molar-refractivity contribution in [3.63, 3.8) is 0 Å². The summed E-state index contributed by atoms with van der Waals surface area (Å²) >= 11 is 3.36. The first-order valence-corrected chi connectivity index (χ1v) is 14.7. The summed E-state index contributed by atoms with van der Waals surface area (Å²) in [5.74, 6) is 1.95. The van der Waals surface area contributed by atoms with Crippen molar-refractivity contribution in [1.82, 2.24) is 0 Å². The lowest BCUT2D eigenvalue weighted by atomic mass is 9.86. The third-order valence-corrected chi connectivity index (χ3v) is 8.58. The molecular weight excluding hydrogens is 440 g/mol. The van der Waals surface area contributed by atoms with Gasteiger partial charge in [0.2, 0.25) is 5.12 Å². The quantitative estimate of drug-likeness (QED) is 0.161. The molecule has 1 aliphatic rings. The number of rotatable bonds is 13. The van der Waals surface area contributed by atoms with Gasteiger partial charge < -0.3 is 0 Å². The summed E-state index contributed by atoms with van der Waals surface area (Å²) in [5, 5.41) is 0.284. The van der Waals surface area contributed by atoms with E-state index in [9.17, 15) is 4.79 Å². The molecule has 0 radical (unpaired) electrons. The molecule has 33 heavy (non-hydrogen) atoms. The fourth-order valence-electron chi connectivity index (χ4n) is 4.34. The minimum atomic E-state index is 0.0733. The molecule has 0 aromatic heterocycles. The van der Waals surface area contributed by atoms with Crippen molar-refractivity contribution < 1.29 is 4.79 Å². The van der Waals surface area contributed by atoms with Crippen LogP contribution in [0.1, 0.15) is 78.1 Å². The fraction of sp³-hybridized carbons (Fsp3) is 0.500. The topological polar surface area (TPSA) is 17.1 Å². The molecule has 1 aliphatic carbocycles. The van der Waals surface area contributed by atoms with Gasteiger partial charge in [-0.05, 0) is 72.7 Å². The second-order valence-corrected chi connectivity index (χ2v) is 11.4. The van der Waals surface area contributed by atoms with E-state index in [0.29, 0.717) is 5.92 Å². The molecule has 0 N–H and O–H groups in total. The molecule has 2 aromatic carbocycles. The zero-order valence-corrected chi connectivity index (χ0v) is 22.1. The highest BCUT2D eigenvalue weighted by atomic mass is 32.2. The molecule has 0 spiro atoms. The summed E-state index contributed by atoms with van der Waals surface area (Å²) in [6.07, 6.45) is 17.1. The lowest BCUT2D eigenvalue weighted by molar-refractivity contribution is -0.113. The number of allylic oxidation sites excluding steroid dienone is 2. The minimum Gasteiger partial charge on any atom is -0.286 e. The smallest absolute Gasteiger partial charge is 0.200 e. The summed E-state index contributed by atoms with van der Waals surface area (Å²) in [5.41, 5.74) is 2.44. The summed E-state index contributed by atoms with van der Waals surface area (Å²) < 4.78 is 0. The number of carbonyl (C=O) groups is 1. The van der Waals surface area contributed by atoms with Crippen LogP contribution in [0.5, 0.6) is 0 Å². The second kappa shape index (κ2) is 14.7. The molecule has 178 valence electrons. The number of unbranched alkanes of at least 4 members (excludes halogenated alkanes) is 5. The van der Waals surface area contributed by atoms with Crippen LogP contribution in [0.25, 0.3) is 11.1 Å². The van der Waals surface area contributed by atoms with Crippen LogP contribution >= 0.6 is 23.5 Å². The van der Waals surface area contributed by atoms with E-state index in [0.717, 1.165) is 17.7 Å². The summed E-state index contributed by atoms with van der Waals surface area (Å²) in [7, 11) is 0. The number of carbonyl (C=O) groups excluding carboxylic acids is 1. The molecule has 0 bridgehead atoms. The normalized spacial score (nSPS) is 17.9. The van der Waals surface area contributed by atoms with E-state index in [1.54, 1.807) is 0 Å². The van der Waals surface area contributed by atoms with Gasteiger partial charge in [-0.1, -0.05) is 101 Å². The van der Waals surface area contributed by atoms with Crippen molar-refractivity contribution in [3.8, 4) is 11.1 Å². The van der Waals surface area contributed by atoms with Gasteiger partial charge in [-0.15, -0.1) is 11.8 Å². The molecule has 1 nitrogen and oxygen atoms in total. The zero-order valence-electron chi connectivity index (χ0n) is 20.4. The van der Waals surface area contributed by atoms with E-state index < -0.39 is 0 Å². The Hall–Kier alpha value is -1.45. The Morgan fingerprint density at radius 1 is 0.758 bits per heavy atom. The van der Waals surface area contributed by atoms with Gasteiger partial charge in [-0.2, -0.15) is 0 Å². The standard InChI is InChI=1S/C30H40OS2/c1-3-5-7-9-23-32-28-19-15-25(16-20-28)26-17-21-29(22-18-26)33-30(31)27-13-11-24(12-14-27)10-8-6-4-2/h11,13,15-22,24,27H,3-10,12,14,23H2,1-2H3. The van der Waals surface area contributed by atoms with Crippen LogP contribution in [0.4, 0.5) is 0 Å². The highest BCUT2D eigenvalue weighted by Crippen LogP contribution is 2.33. The Morgan fingerprint density at radius 3 is 2.00 bits per heavy atom. The van der Waals surface area contributed by atoms with E-state index in [-0.39, 0.29) is 11.0 Å². The maximum atomic E-state index is 12.8. The highest BCUT2D eigenvalue weighted by Gasteiger charge is 2.22. The van der Waals surface area contributed by atoms with Gasteiger partial charge in [-0.3, -0.25) is 4.79 Å². The van der Waals surface area contributed by atoms with Crippen molar-refractivity contribution in [2.24, 2.45) is 11.8 Å². The Morgan fingerprint density at radius 2 is 1.39 bits per heavy atom. The van der Waals surface area contributed by atoms with Crippen molar-refractivity contribution in [2.75, 3.05) is 5.75 Å². The molecular formula is C30H40OS2. The van der Waals surface area contributed by atoms with Crippen molar-refractivity contribution in [1.29, 1.82) is 0 Å². The Kier molecular flexibility index (Phi) is 11.7. The van der Waals surface area contributed by atoms with E-state index in [1.165, 1.54) is 84.9 Å². The predicted molar refractivity (Wildman–Crippen MR) is 147 cm³/mol. The van der Waals surface area contributed by atoms with Gasteiger partial charge >= 0.3 is 0 Å². The lowest BCUT2D eigenvalue weighted by Gasteiger charge is -2.21. The van der Waals surface area contributed by atoms with Gasteiger partial charge in [0.25, 0.3) is 0 Å². The number of benzene rings is 2. The summed E-state index contributed by atoms with van der Waals surface area (Å²) in [4.78, 5) is 15.2. The van der Waals surface area contributed by atoms with Gasteiger partial charge in [0.15, 0.2) is 0 Å². The third-order valence-electron chi connectivity index (χ3n) is 6.47. The van der Waals surface area contributed by atoms with E-state index in [2.05, 4.69) is 74.5 Å². The van der Waals surface area contributed by atoms with E-state index in [4.69, 9.17) is 0 Å². The van der Waals surface area contributed by atoms with Crippen molar-refractivity contribution >= 4 is 28.6 Å². The molecule has 2 atom stereocenters. The Labute approximate surface area is 210 Å². The first kappa shape index (κ1) is 26.2. The van der Waals surface area contributed by atoms with Gasteiger partial charge in [0.1, 0.15) is 0 Å². The SMILES string of the molecule is CCCCCCSc1ccc(-c2ccc(SC(=O)C3C=CC(CCCCC)CC3)cc2)cc1. The molecule has 0 saturated carbocycles. The fourth-order valence-corrected chi connectivity index (χ4v) is 6.11. The predicted octanol–water partition coefficient (Wildman–Crippen LogP) is 9.81. The van der Waals surface area contributed by atoms with Gasteiger partial charge in [0, 0.05) is 15.7 Å². The maximum Gasteiger partial charge on any atom is 0.200 e. The first-order chi connectivity index (χ1) is 16.2. The van der Waals surface area contributed by atoms with Crippen LogP contribution in [0.3, 0.4) is 0 Å². The Balaban J connectivity index is 1.46. The molecule has 0 heterocycles. The molecule has 3 heteroatoms. The Bertz CT molecular complexity index is 854. The van der Waals surface area contributed by atoms with Crippen LogP contribution in [0, 0.1) is 11.8 Å². The molecule has 2 unspecified atom stereocenters. The molecule has 0 saturated heterocycles. The number of thioether (sulfide) groups is 2. The molecule has 0 aliphatic heterocycles.